The van der Waals surface area contributed by atoms with E-state index in [0.717, 1.165) is 28.0 Å². The van der Waals surface area contributed by atoms with Crippen molar-refractivity contribution < 1.29 is 13.2 Å². The Bertz CT molecular complexity index is 1190. The van der Waals surface area contributed by atoms with Gasteiger partial charge in [-0.05, 0) is 47.9 Å². The van der Waals surface area contributed by atoms with Crippen LogP contribution in [0.25, 0.3) is 11.1 Å². The Morgan fingerprint density at radius 1 is 0.793 bits per heavy atom. The predicted molar refractivity (Wildman–Crippen MR) is 116 cm³/mol. The predicted octanol–water partition coefficient (Wildman–Crippen LogP) is 4.36. The second kappa shape index (κ2) is 7.33. The van der Waals surface area contributed by atoms with Gasteiger partial charge in [-0.3, -0.25) is 4.79 Å². The van der Waals surface area contributed by atoms with E-state index >= 15 is 0 Å². The lowest BCUT2D eigenvalue weighted by molar-refractivity contribution is -0.112. The Morgan fingerprint density at radius 2 is 1.41 bits per heavy atom. The van der Waals surface area contributed by atoms with Crippen molar-refractivity contribution in [2.45, 2.75) is 11.8 Å². The smallest absolute Gasteiger partial charge is 0.259 e. The molecule has 4 nitrogen and oxygen atoms in total. The van der Waals surface area contributed by atoms with Crippen molar-refractivity contribution in [3.63, 3.8) is 0 Å². The average Bonchev–Trinajstić information content (AvgIpc) is 3.06. The molecule has 0 atom stereocenters. The lowest BCUT2D eigenvalue weighted by Crippen LogP contribution is -2.26. The molecule has 3 aromatic carbocycles. The molecule has 0 saturated heterocycles. The van der Waals surface area contributed by atoms with Gasteiger partial charge in [-0.15, -0.1) is 0 Å². The molecule has 0 bridgehead atoms. The summed E-state index contributed by atoms with van der Waals surface area (Å²) in [5.41, 5.74) is 5.22. The zero-order valence-electron chi connectivity index (χ0n) is 16.3. The zero-order valence-corrected chi connectivity index (χ0v) is 17.1. The topological polar surface area (TPSA) is 54.5 Å². The fraction of sp³-hybridized carbons (Fsp3) is 0.125. The maximum absolute atomic E-state index is 13.4. The number of hydrogen-bond donors (Lipinski definition) is 0. The first kappa shape index (κ1) is 19.2. The van der Waals surface area contributed by atoms with Gasteiger partial charge in [0.15, 0.2) is 9.84 Å². The average molecular weight is 404 g/mol. The van der Waals surface area contributed by atoms with Gasteiger partial charge in [-0.1, -0.05) is 60.2 Å². The number of rotatable bonds is 4. The van der Waals surface area contributed by atoms with E-state index in [2.05, 4.69) is 0 Å². The van der Waals surface area contributed by atoms with E-state index in [-0.39, 0.29) is 10.8 Å². The molecule has 0 fully saturated rings. The van der Waals surface area contributed by atoms with Gasteiger partial charge in [0.05, 0.1) is 17.0 Å². The number of sulfone groups is 1. The third-order valence-electron chi connectivity index (χ3n) is 5.12. The Kier molecular flexibility index (Phi) is 4.84. The highest BCUT2D eigenvalue weighted by molar-refractivity contribution is 7.90. The van der Waals surface area contributed by atoms with E-state index in [1.54, 1.807) is 29.2 Å². The molecule has 1 aliphatic heterocycles. The summed E-state index contributed by atoms with van der Waals surface area (Å²) in [6, 6.07) is 24.2. The second-order valence-electron chi connectivity index (χ2n) is 7.24. The van der Waals surface area contributed by atoms with Crippen LogP contribution in [0, 0.1) is 6.92 Å². The largest absolute Gasteiger partial charge is 0.304 e. The van der Waals surface area contributed by atoms with E-state index in [4.69, 9.17) is 0 Å². The molecule has 0 unspecified atom stereocenters. The molecule has 4 rings (SSSR count). The van der Waals surface area contributed by atoms with Crippen LogP contribution in [0.4, 0.5) is 5.69 Å². The molecule has 0 aliphatic carbocycles. The highest BCUT2D eigenvalue weighted by Crippen LogP contribution is 2.37. The van der Waals surface area contributed by atoms with Crippen LogP contribution in [0.1, 0.15) is 16.7 Å². The third-order valence-corrected chi connectivity index (χ3v) is 6.24. The number of benzene rings is 3. The number of carbonyl (C=O) groups excluding carboxylic acids is 1. The van der Waals surface area contributed by atoms with Gasteiger partial charge < -0.3 is 4.90 Å². The SMILES string of the molecule is Cc1ccc(N2CC(c3ccc(S(C)(=O)=O)cc3)=C(c3ccccc3)C2=O)cc1. The van der Waals surface area contributed by atoms with Crippen molar-refractivity contribution in [2.75, 3.05) is 17.7 Å². The Morgan fingerprint density at radius 3 is 2.00 bits per heavy atom. The molecule has 1 heterocycles. The van der Waals surface area contributed by atoms with Gasteiger partial charge in [-0.25, -0.2) is 8.42 Å². The first-order chi connectivity index (χ1) is 13.8. The van der Waals surface area contributed by atoms with E-state index in [9.17, 15) is 13.2 Å². The van der Waals surface area contributed by atoms with Crippen LogP contribution in [0.2, 0.25) is 0 Å². The van der Waals surface area contributed by atoms with Crippen molar-refractivity contribution in [2.24, 2.45) is 0 Å². The van der Waals surface area contributed by atoms with Crippen molar-refractivity contribution in [3.05, 3.63) is 95.6 Å². The molecule has 0 radical (unpaired) electrons. The second-order valence-corrected chi connectivity index (χ2v) is 9.26. The molecular weight excluding hydrogens is 382 g/mol. The van der Waals surface area contributed by atoms with Crippen LogP contribution in [-0.2, 0) is 14.6 Å². The standard InChI is InChI=1S/C24H21NO3S/c1-17-8-12-20(13-9-17)25-16-22(18-10-14-21(15-11-18)29(2,27)28)23(24(25)26)19-6-4-3-5-7-19/h3-15H,16H2,1-2H3. The van der Waals surface area contributed by atoms with E-state index in [1.807, 2.05) is 61.5 Å². The molecule has 1 amide bonds. The van der Waals surface area contributed by atoms with Crippen LogP contribution < -0.4 is 4.90 Å². The summed E-state index contributed by atoms with van der Waals surface area (Å²) in [5.74, 6) is -0.0535. The maximum Gasteiger partial charge on any atom is 0.259 e. The molecule has 1 aliphatic rings. The molecule has 0 N–H and O–H groups in total. The summed E-state index contributed by atoms with van der Waals surface area (Å²) in [4.78, 5) is 15.4. The van der Waals surface area contributed by atoms with Crippen molar-refractivity contribution in [1.29, 1.82) is 0 Å². The zero-order chi connectivity index (χ0) is 20.6. The van der Waals surface area contributed by atoms with E-state index in [0.29, 0.717) is 12.1 Å². The quantitative estimate of drug-likeness (QED) is 0.651. The summed E-state index contributed by atoms with van der Waals surface area (Å²) in [7, 11) is -3.27. The summed E-state index contributed by atoms with van der Waals surface area (Å²) in [5, 5.41) is 0. The summed E-state index contributed by atoms with van der Waals surface area (Å²) < 4.78 is 23.6. The van der Waals surface area contributed by atoms with E-state index in [1.165, 1.54) is 6.26 Å². The third kappa shape index (κ3) is 3.74. The van der Waals surface area contributed by atoms with E-state index < -0.39 is 9.84 Å². The molecule has 0 saturated carbocycles. The number of hydrogen-bond acceptors (Lipinski definition) is 3. The molecule has 0 spiro atoms. The normalized spacial score (nSPS) is 14.6. The van der Waals surface area contributed by atoms with Gasteiger partial charge >= 0.3 is 0 Å². The van der Waals surface area contributed by atoms with Crippen molar-refractivity contribution in [1.82, 2.24) is 0 Å². The molecule has 146 valence electrons. The van der Waals surface area contributed by atoms with Crippen LogP contribution in [0.3, 0.4) is 0 Å². The van der Waals surface area contributed by atoms with Gasteiger partial charge in [0, 0.05) is 11.9 Å². The van der Waals surface area contributed by atoms with Gasteiger partial charge in [-0.2, -0.15) is 0 Å². The highest BCUT2D eigenvalue weighted by atomic mass is 32.2. The monoisotopic (exact) mass is 403 g/mol. The maximum atomic E-state index is 13.4. The molecule has 5 heteroatoms. The number of anilines is 1. The molecule has 3 aromatic rings. The highest BCUT2D eigenvalue weighted by Gasteiger charge is 2.32. The fourth-order valence-corrected chi connectivity index (χ4v) is 4.18. The van der Waals surface area contributed by atoms with Crippen LogP contribution in [-0.4, -0.2) is 27.1 Å². The first-order valence-corrected chi connectivity index (χ1v) is 11.2. The van der Waals surface area contributed by atoms with Crippen molar-refractivity contribution >= 4 is 32.6 Å². The minimum absolute atomic E-state index is 0.0535. The fourth-order valence-electron chi connectivity index (χ4n) is 3.55. The molecular formula is C24H21NO3S. The minimum atomic E-state index is -3.27. The summed E-state index contributed by atoms with van der Waals surface area (Å²) >= 11 is 0. The first-order valence-electron chi connectivity index (χ1n) is 9.32. The van der Waals surface area contributed by atoms with Crippen LogP contribution in [0.5, 0.6) is 0 Å². The van der Waals surface area contributed by atoms with Crippen LogP contribution in [0.15, 0.2) is 83.8 Å². The number of carbonyl (C=O) groups is 1. The van der Waals surface area contributed by atoms with Gasteiger partial charge in [0.2, 0.25) is 0 Å². The van der Waals surface area contributed by atoms with Gasteiger partial charge in [0.1, 0.15) is 0 Å². The Balaban J connectivity index is 1.81. The summed E-state index contributed by atoms with van der Waals surface area (Å²) in [6.07, 6.45) is 1.19. The molecule has 0 aromatic heterocycles. The Labute approximate surface area is 171 Å². The van der Waals surface area contributed by atoms with Crippen LogP contribution >= 0.6 is 0 Å². The lowest BCUT2D eigenvalue weighted by atomic mass is 9.97. The Hall–Kier alpha value is -3.18. The number of nitrogens with zero attached hydrogens (tertiary/aromatic N) is 1. The molecule has 29 heavy (non-hydrogen) atoms. The minimum Gasteiger partial charge on any atom is -0.304 e. The summed E-state index contributed by atoms with van der Waals surface area (Å²) in [6.45, 7) is 2.45. The van der Waals surface area contributed by atoms with Crippen molar-refractivity contribution in [3.8, 4) is 0 Å². The van der Waals surface area contributed by atoms with Gasteiger partial charge in [0.25, 0.3) is 5.91 Å². The number of aryl methyl sites for hydroxylation is 1. The lowest BCUT2D eigenvalue weighted by Gasteiger charge is -2.17. The number of amides is 1.